The van der Waals surface area contributed by atoms with Crippen molar-refractivity contribution in [2.24, 2.45) is 5.92 Å². The molecular formula is C17H17N3O2. The van der Waals surface area contributed by atoms with E-state index in [2.05, 4.69) is 24.2 Å². The Hall–Kier alpha value is -2.69. The van der Waals surface area contributed by atoms with E-state index in [1.54, 1.807) is 16.8 Å². The maximum Gasteiger partial charge on any atom is 0.172 e. The number of phenolic OH excluding ortho intramolecular Hbond substituents is 1. The van der Waals surface area contributed by atoms with Gasteiger partial charge in [-0.05, 0) is 24.5 Å². The van der Waals surface area contributed by atoms with E-state index in [1.807, 2.05) is 24.3 Å². The summed E-state index contributed by atoms with van der Waals surface area (Å²) < 4.78 is 1.70. The van der Waals surface area contributed by atoms with Crippen LogP contribution in [0.25, 0.3) is 16.5 Å². The van der Waals surface area contributed by atoms with E-state index in [1.165, 1.54) is 0 Å². The van der Waals surface area contributed by atoms with E-state index in [4.69, 9.17) is 0 Å². The number of carbonyl (C=O) groups is 1. The van der Waals surface area contributed by atoms with Crippen LogP contribution in [0.3, 0.4) is 0 Å². The van der Waals surface area contributed by atoms with E-state index >= 15 is 0 Å². The number of rotatable bonds is 4. The summed E-state index contributed by atoms with van der Waals surface area (Å²) in [5.41, 5.74) is 1.97. The standard InChI is InChI=1S/C17H17N3O2/c1-11(2)9-16-14(10-21)18-19-20(16)15-7-3-6-13-12(15)5-4-8-17(13)22/h3-8,10-11,22H,9H2,1-2H3. The van der Waals surface area contributed by atoms with Crippen LogP contribution < -0.4 is 0 Å². The van der Waals surface area contributed by atoms with Crippen molar-refractivity contribution in [2.75, 3.05) is 0 Å². The van der Waals surface area contributed by atoms with Gasteiger partial charge in [-0.1, -0.05) is 43.3 Å². The predicted octanol–water partition coefficient (Wildman–Crippen LogP) is 3.14. The lowest BCUT2D eigenvalue weighted by Gasteiger charge is -2.12. The van der Waals surface area contributed by atoms with Gasteiger partial charge in [-0.3, -0.25) is 4.79 Å². The number of nitrogens with zero attached hydrogens (tertiary/aromatic N) is 3. The minimum absolute atomic E-state index is 0.223. The smallest absolute Gasteiger partial charge is 0.172 e. The molecule has 0 bridgehead atoms. The van der Waals surface area contributed by atoms with E-state index in [0.29, 0.717) is 18.0 Å². The van der Waals surface area contributed by atoms with Gasteiger partial charge in [0.15, 0.2) is 6.29 Å². The molecule has 1 aromatic heterocycles. The Balaban J connectivity index is 2.26. The normalized spacial score (nSPS) is 11.2. The van der Waals surface area contributed by atoms with Gasteiger partial charge in [-0.15, -0.1) is 5.10 Å². The minimum Gasteiger partial charge on any atom is -0.507 e. The molecule has 0 atom stereocenters. The van der Waals surface area contributed by atoms with Crippen molar-refractivity contribution < 1.29 is 9.90 Å². The zero-order valence-electron chi connectivity index (χ0n) is 12.5. The number of benzene rings is 2. The number of phenols is 1. The first-order chi connectivity index (χ1) is 10.6. The summed E-state index contributed by atoms with van der Waals surface area (Å²) in [6.07, 6.45) is 1.44. The number of fused-ring (bicyclic) bond motifs is 1. The van der Waals surface area contributed by atoms with Crippen molar-refractivity contribution >= 4 is 17.1 Å². The number of hydrogen-bond donors (Lipinski definition) is 1. The van der Waals surface area contributed by atoms with Crippen LogP contribution in [0.4, 0.5) is 0 Å². The second-order valence-corrected chi connectivity index (χ2v) is 5.70. The maximum absolute atomic E-state index is 11.2. The molecule has 3 rings (SSSR count). The summed E-state index contributed by atoms with van der Waals surface area (Å²) in [6.45, 7) is 4.17. The molecule has 112 valence electrons. The first kappa shape index (κ1) is 14.3. The summed E-state index contributed by atoms with van der Waals surface area (Å²) in [5, 5.41) is 19.7. The van der Waals surface area contributed by atoms with Crippen molar-refractivity contribution in [3.05, 3.63) is 47.8 Å². The second kappa shape index (κ2) is 5.60. The Morgan fingerprint density at radius 2 is 1.91 bits per heavy atom. The van der Waals surface area contributed by atoms with Gasteiger partial charge in [0.2, 0.25) is 0 Å². The van der Waals surface area contributed by atoms with Crippen LogP contribution in [0.15, 0.2) is 36.4 Å². The van der Waals surface area contributed by atoms with Crippen molar-refractivity contribution in [3.8, 4) is 11.4 Å². The van der Waals surface area contributed by atoms with Crippen LogP contribution in [-0.2, 0) is 6.42 Å². The molecule has 5 nitrogen and oxygen atoms in total. The highest BCUT2D eigenvalue weighted by Gasteiger charge is 2.17. The summed E-state index contributed by atoms with van der Waals surface area (Å²) in [7, 11) is 0. The molecule has 1 heterocycles. The molecule has 0 amide bonds. The lowest BCUT2D eigenvalue weighted by Crippen LogP contribution is -2.07. The number of hydrogen-bond acceptors (Lipinski definition) is 4. The first-order valence-corrected chi connectivity index (χ1v) is 7.22. The Labute approximate surface area is 128 Å². The molecule has 0 fully saturated rings. The fourth-order valence-electron chi connectivity index (χ4n) is 2.64. The van der Waals surface area contributed by atoms with Crippen LogP contribution in [0.5, 0.6) is 5.75 Å². The fraction of sp³-hybridized carbons (Fsp3) is 0.235. The molecule has 1 N–H and O–H groups in total. The van der Waals surface area contributed by atoms with Gasteiger partial charge in [0, 0.05) is 10.8 Å². The number of carbonyl (C=O) groups excluding carboxylic acids is 1. The lowest BCUT2D eigenvalue weighted by atomic mass is 10.0. The zero-order valence-corrected chi connectivity index (χ0v) is 12.5. The molecule has 0 unspecified atom stereocenters. The first-order valence-electron chi connectivity index (χ1n) is 7.22. The Morgan fingerprint density at radius 1 is 1.18 bits per heavy atom. The monoisotopic (exact) mass is 295 g/mol. The molecular weight excluding hydrogens is 278 g/mol. The van der Waals surface area contributed by atoms with E-state index in [9.17, 15) is 9.90 Å². The molecule has 0 aliphatic heterocycles. The van der Waals surface area contributed by atoms with Gasteiger partial charge in [-0.25, -0.2) is 4.68 Å². The predicted molar refractivity (Wildman–Crippen MR) is 84.5 cm³/mol. The topological polar surface area (TPSA) is 68.0 Å². The summed E-state index contributed by atoms with van der Waals surface area (Å²) in [4.78, 5) is 11.2. The fourth-order valence-corrected chi connectivity index (χ4v) is 2.64. The molecule has 3 aromatic rings. The Kier molecular flexibility index (Phi) is 3.63. The molecule has 0 aliphatic carbocycles. The van der Waals surface area contributed by atoms with Crippen LogP contribution in [0.2, 0.25) is 0 Å². The van der Waals surface area contributed by atoms with Crippen molar-refractivity contribution in [1.29, 1.82) is 0 Å². The Morgan fingerprint density at radius 3 is 2.64 bits per heavy atom. The van der Waals surface area contributed by atoms with E-state index in [-0.39, 0.29) is 5.75 Å². The summed E-state index contributed by atoms with van der Waals surface area (Å²) >= 11 is 0. The van der Waals surface area contributed by atoms with Crippen molar-refractivity contribution in [3.63, 3.8) is 0 Å². The largest absolute Gasteiger partial charge is 0.507 e. The third-order valence-corrected chi connectivity index (χ3v) is 3.61. The number of aromatic hydroxyl groups is 1. The lowest BCUT2D eigenvalue weighted by molar-refractivity contribution is 0.111. The zero-order chi connectivity index (χ0) is 15.7. The molecule has 0 saturated carbocycles. The SMILES string of the molecule is CC(C)Cc1c(C=O)nnn1-c1cccc2c(O)cccc12. The molecule has 0 spiro atoms. The summed E-state index contributed by atoms with van der Waals surface area (Å²) in [5.74, 6) is 0.597. The molecule has 5 heteroatoms. The number of aldehydes is 1. The minimum atomic E-state index is 0.223. The van der Waals surface area contributed by atoms with Gasteiger partial charge in [0.05, 0.1) is 11.4 Å². The number of aromatic nitrogens is 3. The molecule has 0 saturated heterocycles. The quantitative estimate of drug-likeness (QED) is 0.751. The molecule has 22 heavy (non-hydrogen) atoms. The third-order valence-electron chi connectivity index (χ3n) is 3.61. The van der Waals surface area contributed by atoms with Crippen LogP contribution in [0, 0.1) is 5.92 Å². The summed E-state index contributed by atoms with van der Waals surface area (Å²) in [6, 6.07) is 11.0. The molecule has 0 radical (unpaired) electrons. The third kappa shape index (κ3) is 2.35. The molecule has 2 aromatic carbocycles. The second-order valence-electron chi connectivity index (χ2n) is 5.70. The highest BCUT2D eigenvalue weighted by atomic mass is 16.3. The van der Waals surface area contributed by atoms with Gasteiger partial charge in [0.25, 0.3) is 0 Å². The van der Waals surface area contributed by atoms with Crippen LogP contribution >= 0.6 is 0 Å². The maximum atomic E-state index is 11.2. The van der Waals surface area contributed by atoms with Gasteiger partial charge >= 0.3 is 0 Å². The van der Waals surface area contributed by atoms with Crippen LogP contribution in [0.1, 0.15) is 30.0 Å². The van der Waals surface area contributed by atoms with Crippen LogP contribution in [-0.4, -0.2) is 26.4 Å². The van der Waals surface area contributed by atoms with Gasteiger partial charge in [0.1, 0.15) is 11.4 Å². The Bertz CT molecular complexity index is 837. The van der Waals surface area contributed by atoms with Crippen molar-refractivity contribution in [2.45, 2.75) is 20.3 Å². The van der Waals surface area contributed by atoms with Gasteiger partial charge in [-0.2, -0.15) is 0 Å². The highest BCUT2D eigenvalue weighted by Crippen LogP contribution is 2.29. The van der Waals surface area contributed by atoms with Gasteiger partial charge < -0.3 is 5.11 Å². The molecule has 0 aliphatic rings. The average Bonchev–Trinajstić information content (AvgIpc) is 2.89. The van der Waals surface area contributed by atoms with E-state index in [0.717, 1.165) is 28.4 Å². The van der Waals surface area contributed by atoms with Crippen molar-refractivity contribution in [1.82, 2.24) is 15.0 Å². The van der Waals surface area contributed by atoms with E-state index < -0.39 is 0 Å². The highest BCUT2D eigenvalue weighted by molar-refractivity contribution is 5.94. The average molecular weight is 295 g/mol.